The quantitative estimate of drug-likeness (QED) is 0.141. The van der Waals surface area contributed by atoms with Crippen LogP contribution in [0.2, 0.25) is 0 Å². The molecule has 12 heteroatoms. The van der Waals surface area contributed by atoms with E-state index in [1.807, 2.05) is 0 Å². The van der Waals surface area contributed by atoms with E-state index in [1.165, 1.54) is 18.3 Å². The number of carbonyl (C=O) groups excluding carboxylic acids is 2. The third kappa shape index (κ3) is 5.28. The summed E-state index contributed by atoms with van der Waals surface area (Å²) in [5.41, 5.74) is 0.261. The van der Waals surface area contributed by atoms with Crippen LogP contribution in [0.4, 0.5) is 5.69 Å². The number of rotatable bonds is 7. The van der Waals surface area contributed by atoms with Crippen molar-refractivity contribution in [3.8, 4) is 23.0 Å². The summed E-state index contributed by atoms with van der Waals surface area (Å²) in [5.74, 6) is -0.808. The number of benzene rings is 2. The van der Waals surface area contributed by atoms with Crippen molar-refractivity contribution in [2.45, 2.75) is 11.6 Å². The van der Waals surface area contributed by atoms with Gasteiger partial charge in [-0.15, -0.1) is 0 Å². The number of esters is 1. The standard InChI is InChI=1S/C25H18N2O9S/c28-17-8-16-13(6-23(31)36-20(16)9-18(17)29)10-33-25(32)15-2-1-5-26-24(15)37-11-22(30)27-14-3-4-19-21(7-14)35-12-34-19/h1-9,28-29H,10-12H2,(H,27,30). The Bertz CT molecular complexity index is 1580. The number of aromatic hydroxyl groups is 2. The Morgan fingerprint density at radius 2 is 1.86 bits per heavy atom. The third-order valence-corrected chi connectivity index (χ3v) is 6.28. The molecule has 1 aliphatic heterocycles. The molecule has 0 atom stereocenters. The molecule has 5 rings (SSSR count). The second-order valence-electron chi connectivity index (χ2n) is 7.76. The molecule has 0 saturated carbocycles. The number of pyridine rings is 1. The van der Waals surface area contributed by atoms with E-state index < -0.39 is 23.1 Å². The number of anilines is 1. The van der Waals surface area contributed by atoms with E-state index >= 15 is 0 Å². The smallest absolute Gasteiger partial charge is 0.341 e. The molecule has 0 unspecified atom stereocenters. The number of carbonyl (C=O) groups is 2. The lowest BCUT2D eigenvalue weighted by molar-refractivity contribution is -0.113. The largest absolute Gasteiger partial charge is 0.504 e. The fourth-order valence-electron chi connectivity index (χ4n) is 3.56. The van der Waals surface area contributed by atoms with Gasteiger partial charge in [-0.1, -0.05) is 11.8 Å². The van der Waals surface area contributed by atoms with E-state index in [4.69, 9.17) is 18.6 Å². The topological polar surface area (TPSA) is 157 Å². The number of nitrogens with one attached hydrogen (secondary N) is 1. The maximum atomic E-state index is 12.8. The lowest BCUT2D eigenvalue weighted by Crippen LogP contribution is -2.15. The van der Waals surface area contributed by atoms with E-state index in [0.29, 0.717) is 22.6 Å². The van der Waals surface area contributed by atoms with E-state index in [0.717, 1.165) is 23.9 Å². The van der Waals surface area contributed by atoms with Gasteiger partial charge >= 0.3 is 11.6 Å². The fraction of sp³-hybridized carbons (Fsp3) is 0.120. The van der Waals surface area contributed by atoms with Crippen LogP contribution in [-0.2, 0) is 16.1 Å². The molecule has 0 bridgehead atoms. The van der Waals surface area contributed by atoms with Crippen molar-refractivity contribution in [3.05, 3.63) is 76.3 Å². The predicted molar refractivity (Wildman–Crippen MR) is 131 cm³/mol. The molecule has 0 fully saturated rings. The number of thioether (sulfide) groups is 1. The number of hydrogen-bond acceptors (Lipinski definition) is 11. The minimum Gasteiger partial charge on any atom is -0.504 e. The van der Waals surface area contributed by atoms with Gasteiger partial charge in [0.1, 0.15) is 17.2 Å². The van der Waals surface area contributed by atoms with Gasteiger partial charge in [-0.05, 0) is 30.3 Å². The van der Waals surface area contributed by atoms with Crippen molar-refractivity contribution in [3.63, 3.8) is 0 Å². The van der Waals surface area contributed by atoms with Gasteiger partial charge < -0.3 is 34.2 Å². The highest BCUT2D eigenvalue weighted by atomic mass is 32.2. The van der Waals surface area contributed by atoms with E-state index in [9.17, 15) is 24.6 Å². The van der Waals surface area contributed by atoms with Crippen molar-refractivity contribution < 1.29 is 38.4 Å². The van der Waals surface area contributed by atoms with Gasteiger partial charge in [0.25, 0.3) is 0 Å². The summed E-state index contributed by atoms with van der Waals surface area (Å²) in [6.45, 7) is -0.185. The van der Waals surface area contributed by atoms with Gasteiger partial charge in [0.05, 0.1) is 11.3 Å². The zero-order valence-electron chi connectivity index (χ0n) is 18.9. The summed E-state index contributed by atoms with van der Waals surface area (Å²) in [5, 5.41) is 22.8. The number of fused-ring (bicyclic) bond motifs is 2. The highest BCUT2D eigenvalue weighted by Crippen LogP contribution is 2.34. The van der Waals surface area contributed by atoms with Crippen LogP contribution in [0.5, 0.6) is 23.0 Å². The molecule has 0 aliphatic carbocycles. The summed E-state index contributed by atoms with van der Waals surface area (Å²) in [6.07, 6.45) is 1.49. The van der Waals surface area contributed by atoms with Crippen LogP contribution in [0.3, 0.4) is 0 Å². The maximum Gasteiger partial charge on any atom is 0.341 e. The minimum atomic E-state index is -0.726. The van der Waals surface area contributed by atoms with Crippen molar-refractivity contribution in [2.24, 2.45) is 0 Å². The molecular formula is C25H18N2O9S. The predicted octanol–water partition coefficient (Wildman–Crippen LogP) is 3.42. The van der Waals surface area contributed by atoms with Gasteiger partial charge in [-0.25, -0.2) is 14.6 Å². The van der Waals surface area contributed by atoms with Crippen LogP contribution < -0.4 is 20.4 Å². The summed E-state index contributed by atoms with van der Waals surface area (Å²) >= 11 is 1.05. The number of hydrogen-bond donors (Lipinski definition) is 3. The Balaban J connectivity index is 1.25. The molecule has 188 valence electrons. The average molecular weight is 522 g/mol. The Labute approximate surface area is 212 Å². The fourth-order valence-corrected chi connectivity index (χ4v) is 4.34. The molecule has 11 nitrogen and oxygen atoms in total. The average Bonchev–Trinajstić information content (AvgIpc) is 3.35. The highest BCUT2D eigenvalue weighted by Gasteiger charge is 2.18. The summed E-state index contributed by atoms with van der Waals surface area (Å²) in [4.78, 5) is 41.4. The van der Waals surface area contributed by atoms with Gasteiger partial charge in [-0.2, -0.15) is 0 Å². The van der Waals surface area contributed by atoms with Crippen LogP contribution >= 0.6 is 11.8 Å². The third-order valence-electron chi connectivity index (χ3n) is 5.27. The second-order valence-corrected chi connectivity index (χ2v) is 8.73. The second kappa shape index (κ2) is 10.1. The van der Waals surface area contributed by atoms with Crippen LogP contribution in [0, 0.1) is 0 Å². The summed E-state index contributed by atoms with van der Waals surface area (Å²) < 4.78 is 21.0. The van der Waals surface area contributed by atoms with Gasteiger partial charge in [0.15, 0.2) is 23.0 Å². The maximum absolute atomic E-state index is 12.8. The Morgan fingerprint density at radius 1 is 1.05 bits per heavy atom. The van der Waals surface area contributed by atoms with Gasteiger partial charge in [0.2, 0.25) is 12.7 Å². The molecule has 2 aromatic carbocycles. The first kappa shape index (κ1) is 24.0. The zero-order valence-corrected chi connectivity index (χ0v) is 19.7. The molecule has 1 amide bonds. The molecule has 3 heterocycles. The number of aromatic nitrogens is 1. The SMILES string of the molecule is O=C(CSc1ncccc1C(=O)OCc1cc(=O)oc2cc(O)c(O)cc12)Nc1ccc2c(c1)OCO2. The monoisotopic (exact) mass is 522 g/mol. The number of phenolic OH excluding ortho intramolecular Hbond substituents is 2. The molecule has 3 N–H and O–H groups in total. The lowest BCUT2D eigenvalue weighted by atomic mass is 10.1. The van der Waals surface area contributed by atoms with Gasteiger partial charge in [0, 0.05) is 41.0 Å². The molecular weight excluding hydrogens is 504 g/mol. The van der Waals surface area contributed by atoms with Crippen molar-refractivity contribution in [2.75, 3.05) is 17.9 Å². The number of ether oxygens (including phenoxy) is 3. The molecule has 0 radical (unpaired) electrons. The highest BCUT2D eigenvalue weighted by molar-refractivity contribution is 8.00. The van der Waals surface area contributed by atoms with E-state index in [-0.39, 0.29) is 46.8 Å². The molecule has 4 aromatic rings. The van der Waals surface area contributed by atoms with Gasteiger partial charge in [-0.3, -0.25) is 4.79 Å². The first-order valence-electron chi connectivity index (χ1n) is 10.8. The molecule has 37 heavy (non-hydrogen) atoms. The molecule has 0 spiro atoms. The number of amides is 1. The van der Waals surface area contributed by atoms with Crippen molar-refractivity contribution in [1.82, 2.24) is 4.98 Å². The number of phenols is 2. The van der Waals surface area contributed by atoms with Crippen LogP contribution in [0.15, 0.2) is 69.0 Å². The normalized spacial score (nSPS) is 11.9. The van der Waals surface area contributed by atoms with E-state index in [1.54, 1.807) is 24.3 Å². The molecule has 2 aromatic heterocycles. The van der Waals surface area contributed by atoms with Crippen LogP contribution in [0.25, 0.3) is 11.0 Å². The van der Waals surface area contributed by atoms with Crippen molar-refractivity contribution in [1.29, 1.82) is 0 Å². The lowest BCUT2D eigenvalue weighted by Gasteiger charge is -2.10. The van der Waals surface area contributed by atoms with Crippen LogP contribution in [0.1, 0.15) is 15.9 Å². The first-order valence-corrected chi connectivity index (χ1v) is 11.8. The minimum absolute atomic E-state index is 0.0277. The van der Waals surface area contributed by atoms with Crippen molar-refractivity contribution >= 4 is 40.3 Å². The molecule has 1 aliphatic rings. The summed E-state index contributed by atoms with van der Waals surface area (Å²) in [6, 6.07) is 11.5. The Morgan fingerprint density at radius 3 is 2.73 bits per heavy atom. The molecule has 0 saturated heterocycles. The first-order chi connectivity index (χ1) is 17.9. The van der Waals surface area contributed by atoms with Crippen LogP contribution in [-0.4, -0.2) is 39.6 Å². The number of nitrogens with zero attached hydrogens (tertiary/aromatic N) is 1. The summed E-state index contributed by atoms with van der Waals surface area (Å²) in [7, 11) is 0. The zero-order chi connectivity index (χ0) is 25.9. The Hall–Kier alpha value is -4.71. The van der Waals surface area contributed by atoms with E-state index in [2.05, 4.69) is 10.3 Å². The Kier molecular flexibility index (Phi) is 6.56.